The number of amides is 1. The maximum Gasteiger partial charge on any atom is 0.270 e. The lowest BCUT2D eigenvalue weighted by molar-refractivity contribution is -0.384. The lowest BCUT2D eigenvalue weighted by atomic mass is 9.87. The molecule has 1 saturated carbocycles. The minimum Gasteiger partial charge on any atom is -0.338 e. The van der Waals surface area contributed by atoms with Crippen molar-refractivity contribution in [2.75, 3.05) is 7.05 Å². The van der Waals surface area contributed by atoms with E-state index in [0.29, 0.717) is 0 Å². The summed E-state index contributed by atoms with van der Waals surface area (Å²) in [4.78, 5) is 23.3. The van der Waals surface area contributed by atoms with E-state index in [2.05, 4.69) is 0 Å². The average Bonchev–Trinajstić information content (AvgIpc) is 2.34. The number of hydrogen-bond donors (Lipinski definition) is 0. The molecule has 0 radical (unpaired) electrons. The Morgan fingerprint density at radius 2 is 2.10 bits per heavy atom. The van der Waals surface area contributed by atoms with Gasteiger partial charge in [0.1, 0.15) is 0 Å². The lowest BCUT2D eigenvalue weighted by Gasteiger charge is -2.40. The summed E-state index contributed by atoms with van der Waals surface area (Å²) >= 11 is 5.84. The number of carbonyl (C=O) groups is 1. The van der Waals surface area contributed by atoms with E-state index in [0.717, 1.165) is 11.0 Å². The Hall–Kier alpha value is -1.76. The van der Waals surface area contributed by atoms with Gasteiger partial charge in [0.05, 0.1) is 15.5 Å². The number of nitro benzene ring substituents is 1. The van der Waals surface area contributed by atoms with Crippen molar-refractivity contribution >= 4 is 23.2 Å². The van der Waals surface area contributed by atoms with E-state index < -0.39 is 35.6 Å². The molecule has 2 rings (SSSR count). The van der Waals surface area contributed by atoms with Crippen LogP contribution in [0.25, 0.3) is 0 Å². The molecule has 20 heavy (non-hydrogen) atoms. The van der Waals surface area contributed by atoms with Crippen molar-refractivity contribution < 1.29 is 18.5 Å². The lowest BCUT2D eigenvalue weighted by Crippen LogP contribution is -2.51. The summed E-state index contributed by atoms with van der Waals surface area (Å²) in [6, 6.07) is 2.90. The van der Waals surface area contributed by atoms with E-state index in [1.165, 1.54) is 19.2 Å². The molecule has 0 unspecified atom stereocenters. The Morgan fingerprint density at radius 3 is 2.60 bits per heavy atom. The van der Waals surface area contributed by atoms with Crippen LogP contribution in [0.4, 0.5) is 14.5 Å². The number of alkyl halides is 2. The summed E-state index contributed by atoms with van der Waals surface area (Å²) in [5.74, 6) is -3.34. The number of non-ortho nitro benzene ring substituents is 1. The highest BCUT2D eigenvalue weighted by Gasteiger charge is 2.48. The van der Waals surface area contributed by atoms with E-state index >= 15 is 0 Å². The molecule has 0 heterocycles. The number of hydrogen-bond acceptors (Lipinski definition) is 3. The van der Waals surface area contributed by atoms with E-state index in [9.17, 15) is 23.7 Å². The van der Waals surface area contributed by atoms with Gasteiger partial charge in [0.2, 0.25) is 0 Å². The third-order valence-electron chi connectivity index (χ3n) is 3.33. The minimum absolute atomic E-state index is 0.0542. The predicted octanol–water partition coefficient (Wildman–Crippen LogP) is 3.12. The number of rotatable bonds is 3. The SMILES string of the molecule is CN(C(=O)c1cc([N+](=O)[O-])ccc1Cl)C1CC(F)(F)C1. The third kappa shape index (κ3) is 2.72. The smallest absolute Gasteiger partial charge is 0.270 e. The zero-order chi connectivity index (χ0) is 15.1. The summed E-state index contributed by atoms with van der Waals surface area (Å²) in [6.07, 6.45) is -0.802. The minimum atomic E-state index is -2.74. The van der Waals surface area contributed by atoms with Crippen molar-refractivity contribution in [1.29, 1.82) is 0 Å². The average molecular weight is 305 g/mol. The van der Waals surface area contributed by atoms with Gasteiger partial charge in [-0.25, -0.2) is 8.78 Å². The molecule has 0 aliphatic heterocycles. The normalized spacial score (nSPS) is 17.4. The summed E-state index contributed by atoms with van der Waals surface area (Å²) in [5, 5.41) is 10.7. The second-order valence-electron chi connectivity index (χ2n) is 4.76. The first kappa shape index (κ1) is 14.6. The van der Waals surface area contributed by atoms with Crippen molar-refractivity contribution in [2.45, 2.75) is 24.8 Å². The van der Waals surface area contributed by atoms with Gasteiger partial charge in [-0.1, -0.05) is 11.6 Å². The van der Waals surface area contributed by atoms with Gasteiger partial charge in [-0.15, -0.1) is 0 Å². The fraction of sp³-hybridized carbons (Fsp3) is 0.417. The van der Waals surface area contributed by atoms with Crippen molar-refractivity contribution in [1.82, 2.24) is 4.90 Å². The fourth-order valence-electron chi connectivity index (χ4n) is 2.05. The van der Waals surface area contributed by atoms with Crippen LogP contribution in [-0.2, 0) is 0 Å². The molecule has 1 aromatic rings. The summed E-state index contributed by atoms with van der Waals surface area (Å²) in [7, 11) is 1.39. The van der Waals surface area contributed by atoms with Crippen LogP contribution in [0, 0.1) is 10.1 Å². The first-order chi connectivity index (χ1) is 9.21. The van der Waals surface area contributed by atoms with Crippen LogP contribution in [0.5, 0.6) is 0 Å². The fourth-order valence-corrected chi connectivity index (χ4v) is 2.25. The molecule has 5 nitrogen and oxygen atoms in total. The molecule has 1 fully saturated rings. The number of nitro groups is 1. The summed E-state index contributed by atoms with van der Waals surface area (Å²) in [5.41, 5.74) is -0.330. The Morgan fingerprint density at radius 1 is 1.50 bits per heavy atom. The van der Waals surface area contributed by atoms with E-state index in [1.807, 2.05) is 0 Å². The second kappa shape index (κ2) is 4.97. The Balaban J connectivity index is 2.20. The zero-order valence-corrected chi connectivity index (χ0v) is 11.2. The monoisotopic (exact) mass is 304 g/mol. The summed E-state index contributed by atoms with van der Waals surface area (Å²) in [6.45, 7) is 0. The maximum absolute atomic E-state index is 12.8. The van der Waals surface area contributed by atoms with Crippen LogP contribution in [-0.4, -0.2) is 34.7 Å². The summed E-state index contributed by atoms with van der Waals surface area (Å²) < 4.78 is 25.6. The van der Waals surface area contributed by atoms with Gasteiger partial charge in [-0.3, -0.25) is 14.9 Å². The van der Waals surface area contributed by atoms with Crippen LogP contribution < -0.4 is 0 Å². The molecule has 0 N–H and O–H groups in total. The third-order valence-corrected chi connectivity index (χ3v) is 3.66. The quantitative estimate of drug-likeness (QED) is 0.636. The highest BCUT2D eigenvalue weighted by molar-refractivity contribution is 6.33. The van der Waals surface area contributed by atoms with Gasteiger partial charge < -0.3 is 4.90 Å². The topological polar surface area (TPSA) is 63.5 Å². The van der Waals surface area contributed by atoms with Crippen molar-refractivity contribution in [3.05, 3.63) is 38.9 Å². The van der Waals surface area contributed by atoms with Crippen LogP contribution in [0.3, 0.4) is 0 Å². The molecule has 108 valence electrons. The van der Waals surface area contributed by atoms with Gasteiger partial charge in [0.25, 0.3) is 17.5 Å². The predicted molar refractivity (Wildman–Crippen MR) is 68.2 cm³/mol. The van der Waals surface area contributed by atoms with E-state index in [-0.39, 0.29) is 16.3 Å². The molecule has 0 spiro atoms. The van der Waals surface area contributed by atoms with E-state index in [1.54, 1.807) is 0 Å². The molecule has 0 aromatic heterocycles. The number of carbonyl (C=O) groups excluding carboxylic acids is 1. The highest BCUT2D eigenvalue weighted by Crippen LogP contribution is 2.40. The largest absolute Gasteiger partial charge is 0.338 e. The first-order valence-electron chi connectivity index (χ1n) is 5.80. The Kier molecular flexibility index (Phi) is 3.64. The van der Waals surface area contributed by atoms with Crippen LogP contribution in [0.2, 0.25) is 5.02 Å². The first-order valence-corrected chi connectivity index (χ1v) is 6.18. The number of halogens is 3. The van der Waals surface area contributed by atoms with Crippen LogP contribution >= 0.6 is 11.6 Å². The van der Waals surface area contributed by atoms with Crippen molar-refractivity contribution in [2.24, 2.45) is 0 Å². The Labute approximate surface area is 118 Å². The number of nitrogens with zero attached hydrogens (tertiary/aromatic N) is 2. The molecule has 0 atom stereocenters. The zero-order valence-electron chi connectivity index (χ0n) is 10.5. The Bertz CT molecular complexity index is 572. The molecule has 1 aliphatic rings. The number of benzene rings is 1. The van der Waals surface area contributed by atoms with Gasteiger partial charge in [0, 0.05) is 38.1 Å². The van der Waals surface area contributed by atoms with Crippen LogP contribution in [0.15, 0.2) is 18.2 Å². The standard InChI is InChI=1S/C12H11ClF2N2O3/c1-16(8-5-12(14,15)6-8)11(18)9-4-7(17(19)20)2-3-10(9)13/h2-4,8H,5-6H2,1H3. The molecule has 0 saturated heterocycles. The van der Waals surface area contributed by atoms with Crippen LogP contribution in [0.1, 0.15) is 23.2 Å². The molecule has 1 aromatic carbocycles. The molecule has 1 amide bonds. The van der Waals surface area contributed by atoms with Crippen molar-refractivity contribution in [3.8, 4) is 0 Å². The molecule has 1 aliphatic carbocycles. The molecule has 8 heteroatoms. The molecular formula is C12H11ClF2N2O3. The highest BCUT2D eigenvalue weighted by atomic mass is 35.5. The van der Waals surface area contributed by atoms with Crippen molar-refractivity contribution in [3.63, 3.8) is 0 Å². The van der Waals surface area contributed by atoms with E-state index in [4.69, 9.17) is 11.6 Å². The maximum atomic E-state index is 12.8. The van der Waals surface area contributed by atoms with Gasteiger partial charge in [0.15, 0.2) is 0 Å². The second-order valence-corrected chi connectivity index (χ2v) is 5.16. The van der Waals surface area contributed by atoms with Gasteiger partial charge in [-0.05, 0) is 6.07 Å². The molecule has 0 bridgehead atoms. The molecular weight excluding hydrogens is 294 g/mol. The van der Waals surface area contributed by atoms with Gasteiger partial charge >= 0.3 is 0 Å². The van der Waals surface area contributed by atoms with Gasteiger partial charge in [-0.2, -0.15) is 0 Å².